The Morgan fingerprint density at radius 2 is 1.96 bits per heavy atom. The Kier molecular flexibility index (Phi) is 5.38. The third-order valence-electron chi connectivity index (χ3n) is 4.39. The first-order valence-electron chi connectivity index (χ1n) is 8.05. The minimum absolute atomic E-state index is 0.00623. The van der Waals surface area contributed by atoms with Gasteiger partial charge in [0, 0.05) is 36.2 Å². The predicted molar refractivity (Wildman–Crippen MR) is 99.1 cm³/mol. The first kappa shape index (κ1) is 17.2. The summed E-state index contributed by atoms with van der Waals surface area (Å²) in [5.74, 6) is 0.742. The molecule has 24 heavy (non-hydrogen) atoms. The van der Waals surface area contributed by atoms with Gasteiger partial charge in [0.2, 0.25) is 5.91 Å². The molecular formula is C18H22BrN3O2. The molecule has 0 unspecified atom stereocenters. The van der Waals surface area contributed by atoms with Crippen LogP contribution < -0.4 is 10.2 Å². The molecule has 0 bridgehead atoms. The average molecular weight is 392 g/mol. The van der Waals surface area contributed by atoms with Crippen LogP contribution in [0, 0.1) is 0 Å². The van der Waals surface area contributed by atoms with Crippen LogP contribution in [-0.2, 0) is 11.2 Å². The lowest BCUT2D eigenvalue weighted by Crippen LogP contribution is -2.52. The van der Waals surface area contributed by atoms with E-state index in [0.29, 0.717) is 6.42 Å². The fourth-order valence-electron chi connectivity index (χ4n) is 3.01. The van der Waals surface area contributed by atoms with Gasteiger partial charge < -0.3 is 9.64 Å². The van der Waals surface area contributed by atoms with Gasteiger partial charge in [-0.25, -0.2) is 5.01 Å². The molecule has 0 atom stereocenters. The van der Waals surface area contributed by atoms with E-state index in [1.54, 1.807) is 7.11 Å². The van der Waals surface area contributed by atoms with Crippen molar-refractivity contribution >= 4 is 32.6 Å². The maximum Gasteiger partial charge on any atom is 0.238 e. The quantitative estimate of drug-likeness (QED) is 0.868. The lowest BCUT2D eigenvalue weighted by molar-refractivity contribution is -0.126. The van der Waals surface area contributed by atoms with Crippen LogP contribution in [0.25, 0.3) is 10.8 Å². The number of amides is 1. The van der Waals surface area contributed by atoms with Gasteiger partial charge in [0.25, 0.3) is 0 Å². The van der Waals surface area contributed by atoms with Crippen LogP contribution in [0.2, 0.25) is 0 Å². The predicted octanol–water partition coefficient (Wildman–Crippen LogP) is 2.43. The molecule has 2 aromatic rings. The molecule has 1 aliphatic heterocycles. The first-order valence-corrected chi connectivity index (χ1v) is 8.84. The number of likely N-dealkylation sites (N-methyl/N-ethyl adjacent to an activating group) is 1. The van der Waals surface area contributed by atoms with E-state index in [1.165, 1.54) is 0 Å². The summed E-state index contributed by atoms with van der Waals surface area (Å²) in [5.41, 5.74) is 3.94. The normalized spacial score (nSPS) is 16.3. The Labute approximate surface area is 150 Å². The number of rotatable bonds is 4. The van der Waals surface area contributed by atoms with Crippen molar-refractivity contribution in [3.63, 3.8) is 0 Å². The number of carbonyl (C=O) groups is 1. The number of carbonyl (C=O) groups excluding carboxylic acids is 1. The summed E-state index contributed by atoms with van der Waals surface area (Å²) in [5, 5.41) is 4.13. The monoisotopic (exact) mass is 391 g/mol. The number of nitrogens with one attached hydrogen (secondary N) is 1. The molecule has 6 heteroatoms. The van der Waals surface area contributed by atoms with Gasteiger partial charge in [-0.3, -0.25) is 10.2 Å². The molecule has 2 aromatic carbocycles. The van der Waals surface area contributed by atoms with Crippen molar-refractivity contribution in [3.8, 4) is 5.75 Å². The molecule has 1 heterocycles. The van der Waals surface area contributed by atoms with Crippen LogP contribution in [0.1, 0.15) is 5.56 Å². The van der Waals surface area contributed by atoms with Crippen molar-refractivity contribution in [2.45, 2.75) is 6.42 Å². The summed E-state index contributed by atoms with van der Waals surface area (Å²) in [6.07, 6.45) is 0.300. The number of nitrogens with zero attached hydrogens (tertiary/aromatic N) is 2. The number of piperazine rings is 1. The van der Waals surface area contributed by atoms with Crippen molar-refractivity contribution in [1.82, 2.24) is 15.3 Å². The molecule has 0 radical (unpaired) electrons. The van der Waals surface area contributed by atoms with Gasteiger partial charge in [-0.05, 0) is 36.0 Å². The van der Waals surface area contributed by atoms with E-state index in [0.717, 1.165) is 52.7 Å². The average Bonchev–Trinajstić information content (AvgIpc) is 2.57. The number of ether oxygens (including phenoxy) is 1. The van der Waals surface area contributed by atoms with Crippen LogP contribution in [0.5, 0.6) is 5.75 Å². The van der Waals surface area contributed by atoms with Gasteiger partial charge in [-0.2, -0.15) is 0 Å². The van der Waals surface area contributed by atoms with E-state index >= 15 is 0 Å². The highest BCUT2D eigenvalue weighted by Gasteiger charge is 2.18. The Morgan fingerprint density at radius 1 is 1.21 bits per heavy atom. The molecule has 0 spiro atoms. The number of hydrogen-bond acceptors (Lipinski definition) is 4. The molecule has 3 rings (SSSR count). The zero-order valence-electron chi connectivity index (χ0n) is 14.0. The smallest absolute Gasteiger partial charge is 0.238 e. The van der Waals surface area contributed by atoms with Gasteiger partial charge in [-0.1, -0.05) is 28.1 Å². The number of benzene rings is 2. The second-order valence-corrected chi connectivity index (χ2v) is 7.03. The molecule has 1 amide bonds. The van der Waals surface area contributed by atoms with E-state index in [-0.39, 0.29) is 5.91 Å². The third kappa shape index (κ3) is 3.88. The fourth-order valence-corrected chi connectivity index (χ4v) is 3.39. The summed E-state index contributed by atoms with van der Waals surface area (Å²) in [6.45, 7) is 3.63. The van der Waals surface area contributed by atoms with Crippen LogP contribution >= 0.6 is 15.9 Å². The summed E-state index contributed by atoms with van der Waals surface area (Å²) in [7, 11) is 3.74. The van der Waals surface area contributed by atoms with Crippen LogP contribution in [0.3, 0.4) is 0 Å². The Hall–Kier alpha value is -1.63. The van der Waals surface area contributed by atoms with Gasteiger partial charge in [0.1, 0.15) is 5.75 Å². The number of fused-ring (bicyclic) bond motifs is 1. The summed E-state index contributed by atoms with van der Waals surface area (Å²) in [6, 6.07) is 10.0. The van der Waals surface area contributed by atoms with Gasteiger partial charge >= 0.3 is 0 Å². The highest BCUT2D eigenvalue weighted by molar-refractivity contribution is 9.10. The SMILES string of the molecule is COc1ccc2cc(Br)ccc2c1CC(=O)NN1CCN(C)CC1. The summed E-state index contributed by atoms with van der Waals surface area (Å²) in [4.78, 5) is 14.8. The first-order chi connectivity index (χ1) is 11.6. The molecule has 1 fully saturated rings. The van der Waals surface area contributed by atoms with E-state index in [4.69, 9.17) is 4.74 Å². The van der Waals surface area contributed by atoms with E-state index in [2.05, 4.69) is 39.4 Å². The van der Waals surface area contributed by atoms with Crippen molar-refractivity contribution in [2.75, 3.05) is 40.3 Å². The number of methoxy groups -OCH3 is 1. The number of halogens is 1. The van der Waals surface area contributed by atoms with E-state index in [1.807, 2.05) is 29.3 Å². The topological polar surface area (TPSA) is 44.8 Å². The minimum Gasteiger partial charge on any atom is -0.496 e. The van der Waals surface area contributed by atoms with Crippen LogP contribution in [0.4, 0.5) is 0 Å². The largest absolute Gasteiger partial charge is 0.496 e. The van der Waals surface area contributed by atoms with Crippen molar-refractivity contribution in [3.05, 3.63) is 40.4 Å². The standard InChI is InChI=1S/C18H22BrN3O2/c1-21-7-9-22(10-8-21)20-18(23)12-16-15-5-4-14(19)11-13(15)3-6-17(16)24-2/h3-6,11H,7-10,12H2,1-2H3,(H,20,23). The molecule has 128 valence electrons. The molecular weight excluding hydrogens is 370 g/mol. The summed E-state index contributed by atoms with van der Waals surface area (Å²) >= 11 is 3.49. The fraction of sp³-hybridized carbons (Fsp3) is 0.389. The number of hydrogen-bond donors (Lipinski definition) is 1. The maximum atomic E-state index is 12.5. The highest BCUT2D eigenvalue weighted by atomic mass is 79.9. The molecule has 1 saturated heterocycles. The van der Waals surface area contributed by atoms with Crippen molar-refractivity contribution < 1.29 is 9.53 Å². The minimum atomic E-state index is -0.00623. The van der Waals surface area contributed by atoms with Crippen molar-refractivity contribution in [2.24, 2.45) is 0 Å². The van der Waals surface area contributed by atoms with Gasteiger partial charge in [0.15, 0.2) is 0 Å². The Bertz CT molecular complexity index is 742. The van der Waals surface area contributed by atoms with E-state index in [9.17, 15) is 4.79 Å². The molecule has 5 nitrogen and oxygen atoms in total. The highest BCUT2D eigenvalue weighted by Crippen LogP contribution is 2.30. The van der Waals surface area contributed by atoms with E-state index < -0.39 is 0 Å². The van der Waals surface area contributed by atoms with Crippen LogP contribution in [0.15, 0.2) is 34.8 Å². The lowest BCUT2D eigenvalue weighted by Gasteiger charge is -2.32. The molecule has 0 aromatic heterocycles. The van der Waals surface area contributed by atoms with Crippen LogP contribution in [-0.4, -0.2) is 56.2 Å². The van der Waals surface area contributed by atoms with Gasteiger partial charge in [-0.15, -0.1) is 0 Å². The third-order valence-corrected chi connectivity index (χ3v) is 4.89. The summed E-state index contributed by atoms with van der Waals surface area (Å²) < 4.78 is 6.50. The molecule has 1 N–H and O–H groups in total. The molecule has 0 saturated carbocycles. The Morgan fingerprint density at radius 3 is 2.67 bits per heavy atom. The zero-order valence-corrected chi connectivity index (χ0v) is 15.6. The number of hydrazine groups is 1. The Balaban J connectivity index is 1.79. The second-order valence-electron chi connectivity index (χ2n) is 6.11. The maximum absolute atomic E-state index is 12.5. The zero-order chi connectivity index (χ0) is 17.1. The molecule has 0 aliphatic carbocycles. The van der Waals surface area contributed by atoms with Crippen molar-refractivity contribution in [1.29, 1.82) is 0 Å². The van der Waals surface area contributed by atoms with Gasteiger partial charge in [0.05, 0.1) is 13.5 Å². The molecule has 1 aliphatic rings. The lowest BCUT2D eigenvalue weighted by atomic mass is 10.0. The second kappa shape index (κ2) is 7.51.